The lowest BCUT2D eigenvalue weighted by molar-refractivity contribution is 0.187. The highest BCUT2D eigenvalue weighted by atomic mass is 32.1. The molecule has 118 valence electrons. The fraction of sp³-hybridized carbons (Fsp3) is 0.333. The second-order valence-corrected chi connectivity index (χ2v) is 6.88. The first-order valence-corrected chi connectivity index (χ1v) is 8.95. The highest BCUT2D eigenvalue weighted by Gasteiger charge is 2.31. The topological polar surface area (TPSA) is 49.0 Å². The first kappa shape index (κ1) is 14.6. The molecular weight excluding hydrogens is 306 g/mol. The molecule has 1 saturated heterocycles. The van der Waals surface area contributed by atoms with Gasteiger partial charge in [-0.3, -0.25) is 9.69 Å². The number of para-hydroxylation sites is 1. The number of hydrogen-bond acceptors (Lipinski definition) is 4. The maximum atomic E-state index is 12.3. The summed E-state index contributed by atoms with van der Waals surface area (Å²) < 4.78 is 0. The second kappa shape index (κ2) is 5.91. The van der Waals surface area contributed by atoms with Crippen LogP contribution in [0.4, 0.5) is 0 Å². The van der Waals surface area contributed by atoms with Crippen molar-refractivity contribution in [3.8, 4) is 0 Å². The zero-order valence-corrected chi connectivity index (χ0v) is 13.8. The molecule has 1 N–H and O–H groups in total. The van der Waals surface area contributed by atoms with Crippen molar-refractivity contribution in [1.82, 2.24) is 14.9 Å². The molecule has 23 heavy (non-hydrogen) atoms. The Balaban J connectivity index is 1.71. The van der Waals surface area contributed by atoms with Gasteiger partial charge in [0.15, 0.2) is 0 Å². The van der Waals surface area contributed by atoms with E-state index in [2.05, 4.69) is 33.6 Å². The lowest BCUT2D eigenvalue weighted by Crippen LogP contribution is -2.29. The van der Waals surface area contributed by atoms with Crippen molar-refractivity contribution in [2.75, 3.05) is 6.54 Å². The summed E-state index contributed by atoms with van der Waals surface area (Å²) in [5.41, 5.74) is 2.09. The predicted molar refractivity (Wildman–Crippen MR) is 93.8 cm³/mol. The number of H-pyrrole nitrogens is 1. The Morgan fingerprint density at radius 2 is 2.22 bits per heavy atom. The number of likely N-dealkylation sites (tertiary alicyclic amines) is 1. The molecule has 2 aromatic heterocycles. The van der Waals surface area contributed by atoms with Crippen LogP contribution < -0.4 is 5.56 Å². The molecule has 1 aliphatic heterocycles. The molecular formula is C18H19N3OS. The molecule has 3 heterocycles. The monoisotopic (exact) mass is 325 g/mol. The summed E-state index contributed by atoms with van der Waals surface area (Å²) in [7, 11) is 0. The molecule has 0 aliphatic carbocycles. The largest absolute Gasteiger partial charge is 0.309 e. The van der Waals surface area contributed by atoms with Crippen molar-refractivity contribution in [3.05, 3.63) is 62.8 Å². The quantitative estimate of drug-likeness (QED) is 0.795. The van der Waals surface area contributed by atoms with Crippen LogP contribution in [0.2, 0.25) is 0 Å². The normalized spacial score (nSPS) is 20.1. The molecule has 5 heteroatoms. The Morgan fingerprint density at radius 3 is 3.04 bits per heavy atom. The number of benzene rings is 1. The van der Waals surface area contributed by atoms with Gasteiger partial charge in [0.05, 0.1) is 16.9 Å². The Labute approximate surface area is 138 Å². The minimum absolute atomic E-state index is 0.0521. The summed E-state index contributed by atoms with van der Waals surface area (Å²) in [4.78, 5) is 22.5. The summed E-state index contributed by atoms with van der Waals surface area (Å²) >= 11 is 1.74. The number of nitrogens with zero attached hydrogens (tertiary/aromatic N) is 2. The first-order valence-electron chi connectivity index (χ1n) is 8.01. The minimum Gasteiger partial charge on any atom is -0.309 e. The van der Waals surface area contributed by atoms with Crippen LogP contribution >= 0.6 is 11.3 Å². The SMILES string of the molecule is CC(c1nc2ccccc2c(=O)[nH]1)N1CCCC1c1ccsc1. The van der Waals surface area contributed by atoms with Gasteiger partial charge in [-0.1, -0.05) is 12.1 Å². The summed E-state index contributed by atoms with van der Waals surface area (Å²) in [6.45, 7) is 3.18. The molecule has 1 fully saturated rings. The predicted octanol–water partition coefficient (Wildman–Crippen LogP) is 3.88. The van der Waals surface area contributed by atoms with E-state index in [1.165, 1.54) is 18.4 Å². The molecule has 0 radical (unpaired) electrons. The van der Waals surface area contributed by atoms with Gasteiger partial charge in [-0.25, -0.2) is 4.98 Å². The lowest BCUT2D eigenvalue weighted by atomic mass is 10.1. The van der Waals surface area contributed by atoms with Gasteiger partial charge in [-0.15, -0.1) is 0 Å². The molecule has 4 nitrogen and oxygen atoms in total. The fourth-order valence-electron chi connectivity index (χ4n) is 3.53. The van der Waals surface area contributed by atoms with Gasteiger partial charge in [-0.05, 0) is 60.8 Å². The van der Waals surface area contributed by atoms with Gasteiger partial charge >= 0.3 is 0 Å². The molecule has 2 atom stereocenters. The number of aromatic amines is 1. The van der Waals surface area contributed by atoms with Gasteiger partial charge in [-0.2, -0.15) is 11.3 Å². The number of rotatable bonds is 3. The zero-order valence-electron chi connectivity index (χ0n) is 13.0. The smallest absolute Gasteiger partial charge is 0.258 e. The molecule has 4 rings (SSSR count). The Morgan fingerprint density at radius 1 is 1.35 bits per heavy atom. The summed E-state index contributed by atoms with van der Waals surface area (Å²) in [6, 6.07) is 10.2. The van der Waals surface area contributed by atoms with Crippen LogP contribution in [0.25, 0.3) is 10.9 Å². The molecule has 0 amide bonds. The number of thiophene rings is 1. The van der Waals surface area contributed by atoms with Crippen molar-refractivity contribution >= 4 is 22.2 Å². The highest BCUT2D eigenvalue weighted by Crippen LogP contribution is 2.38. The number of aromatic nitrogens is 2. The number of fused-ring (bicyclic) bond motifs is 1. The van der Waals surface area contributed by atoms with Gasteiger partial charge < -0.3 is 4.98 Å². The van der Waals surface area contributed by atoms with E-state index in [1.807, 2.05) is 24.3 Å². The molecule has 0 spiro atoms. The van der Waals surface area contributed by atoms with E-state index in [0.717, 1.165) is 17.9 Å². The van der Waals surface area contributed by atoms with Crippen molar-refractivity contribution in [2.45, 2.75) is 31.8 Å². The second-order valence-electron chi connectivity index (χ2n) is 6.10. The van der Waals surface area contributed by atoms with E-state index in [0.29, 0.717) is 11.4 Å². The third-order valence-electron chi connectivity index (χ3n) is 4.75. The summed E-state index contributed by atoms with van der Waals surface area (Å²) in [5, 5.41) is 5.01. The minimum atomic E-state index is -0.0521. The fourth-order valence-corrected chi connectivity index (χ4v) is 4.24. The van der Waals surface area contributed by atoms with Crippen LogP contribution in [-0.4, -0.2) is 21.4 Å². The van der Waals surface area contributed by atoms with E-state index in [1.54, 1.807) is 11.3 Å². The number of hydrogen-bond donors (Lipinski definition) is 1. The van der Waals surface area contributed by atoms with Crippen LogP contribution in [0.3, 0.4) is 0 Å². The number of nitrogens with one attached hydrogen (secondary N) is 1. The first-order chi connectivity index (χ1) is 11.2. The van der Waals surface area contributed by atoms with Crippen LogP contribution in [0.1, 0.15) is 43.2 Å². The summed E-state index contributed by atoms with van der Waals surface area (Å²) in [6.07, 6.45) is 2.35. The molecule has 0 bridgehead atoms. The van der Waals surface area contributed by atoms with Crippen molar-refractivity contribution in [1.29, 1.82) is 0 Å². The van der Waals surface area contributed by atoms with Crippen LogP contribution in [-0.2, 0) is 0 Å². The molecule has 0 saturated carbocycles. The van der Waals surface area contributed by atoms with E-state index >= 15 is 0 Å². The third kappa shape index (κ3) is 2.60. The molecule has 2 unspecified atom stereocenters. The average molecular weight is 325 g/mol. The van der Waals surface area contributed by atoms with E-state index < -0.39 is 0 Å². The highest BCUT2D eigenvalue weighted by molar-refractivity contribution is 7.07. The van der Waals surface area contributed by atoms with Crippen molar-refractivity contribution in [2.24, 2.45) is 0 Å². The van der Waals surface area contributed by atoms with Crippen molar-refractivity contribution < 1.29 is 0 Å². The van der Waals surface area contributed by atoms with Gasteiger partial charge in [0.1, 0.15) is 5.82 Å². The Bertz CT molecular complexity index is 871. The van der Waals surface area contributed by atoms with E-state index in [4.69, 9.17) is 4.98 Å². The lowest BCUT2D eigenvalue weighted by Gasteiger charge is -2.29. The molecule has 1 aliphatic rings. The van der Waals surface area contributed by atoms with E-state index in [9.17, 15) is 4.79 Å². The zero-order chi connectivity index (χ0) is 15.8. The van der Waals surface area contributed by atoms with Crippen LogP contribution in [0.5, 0.6) is 0 Å². The molecule has 3 aromatic rings. The molecule has 1 aromatic carbocycles. The Hall–Kier alpha value is -1.98. The van der Waals surface area contributed by atoms with Crippen molar-refractivity contribution in [3.63, 3.8) is 0 Å². The Kier molecular flexibility index (Phi) is 3.75. The van der Waals surface area contributed by atoms with Crippen LogP contribution in [0.15, 0.2) is 45.9 Å². The van der Waals surface area contributed by atoms with Gasteiger partial charge in [0.2, 0.25) is 0 Å². The average Bonchev–Trinajstić information content (AvgIpc) is 3.25. The van der Waals surface area contributed by atoms with Gasteiger partial charge in [0.25, 0.3) is 5.56 Å². The standard InChI is InChI=1S/C18H19N3OS/c1-12(21-9-4-7-16(21)13-8-10-23-11-13)17-19-15-6-3-2-5-14(15)18(22)20-17/h2-3,5-6,8,10-12,16H,4,7,9H2,1H3,(H,19,20,22). The van der Waals surface area contributed by atoms with Gasteiger partial charge in [0, 0.05) is 6.04 Å². The third-order valence-corrected chi connectivity index (χ3v) is 5.45. The maximum absolute atomic E-state index is 12.3. The van der Waals surface area contributed by atoms with E-state index in [-0.39, 0.29) is 11.6 Å². The summed E-state index contributed by atoms with van der Waals surface area (Å²) in [5.74, 6) is 0.760. The maximum Gasteiger partial charge on any atom is 0.258 e. The van der Waals surface area contributed by atoms with Crippen LogP contribution in [0, 0.1) is 0 Å².